The van der Waals surface area contributed by atoms with Gasteiger partial charge in [0.05, 0.1) is 0 Å². The van der Waals surface area contributed by atoms with Gasteiger partial charge in [-0.2, -0.15) is 0 Å². The van der Waals surface area contributed by atoms with Gasteiger partial charge >= 0.3 is 0 Å². The molecule has 0 saturated heterocycles. The Labute approximate surface area is 93.2 Å². The quantitative estimate of drug-likeness (QED) is 0.642. The van der Waals surface area contributed by atoms with Crippen molar-refractivity contribution in [1.29, 1.82) is 0 Å². The molecule has 0 N–H and O–H groups in total. The molecular formula is C13H13Br. The lowest BCUT2D eigenvalue weighted by Crippen LogP contribution is -2.04. The normalized spacial score (nSPS) is 29.3. The molecule has 1 aromatic carbocycles. The fourth-order valence-corrected chi connectivity index (χ4v) is 3.58. The molecule has 1 aromatic rings. The Hall–Kier alpha value is -0.560. The summed E-state index contributed by atoms with van der Waals surface area (Å²) in [5, 5.41) is 0. The summed E-state index contributed by atoms with van der Waals surface area (Å²) in [5.74, 6) is 1.47. The third-order valence-corrected chi connectivity index (χ3v) is 4.66. The highest BCUT2D eigenvalue weighted by molar-refractivity contribution is 9.11. The Balaban J connectivity index is 2.19. The third-order valence-electron chi connectivity index (χ3n) is 3.71. The number of benzene rings is 1. The molecule has 0 radical (unpaired) electrons. The summed E-state index contributed by atoms with van der Waals surface area (Å²) in [4.78, 5) is 0. The predicted molar refractivity (Wildman–Crippen MR) is 62.8 cm³/mol. The molecule has 1 heteroatoms. The van der Waals surface area contributed by atoms with Crippen molar-refractivity contribution in [2.24, 2.45) is 0 Å². The molecule has 0 aliphatic heterocycles. The minimum atomic E-state index is 0.694. The number of allylic oxidation sites excluding steroid dienone is 2. The maximum Gasteiger partial charge on any atom is 0.00651 e. The highest BCUT2D eigenvalue weighted by Gasteiger charge is 2.36. The van der Waals surface area contributed by atoms with E-state index in [9.17, 15) is 0 Å². The molecule has 2 atom stereocenters. The molecule has 2 aliphatic carbocycles. The molecule has 0 amide bonds. The van der Waals surface area contributed by atoms with E-state index in [1.807, 2.05) is 0 Å². The van der Waals surface area contributed by atoms with E-state index in [0.29, 0.717) is 5.92 Å². The van der Waals surface area contributed by atoms with Crippen LogP contribution in [0.5, 0.6) is 0 Å². The van der Waals surface area contributed by atoms with Crippen LogP contribution in [0, 0.1) is 0 Å². The average molecular weight is 249 g/mol. The molecule has 14 heavy (non-hydrogen) atoms. The minimum absolute atomic E-state index is 0.694. The fourth-order valence-electron chi connectivity index (χ4n) is 2.91. The topological polar surface area (TPSA) is 0 Å². The van der Waals surface area contributed by atoms with E-state index >= 15 is 0 Å². The highest BCUT2D eigenvalue weighted by atomic mass is 79.9. The van der Waals surface area contributed by atoms with Gasteiger partial charge in [-0.25, -0.2) is 0 Å². The molecule has 0 aromatic heterocycles. The van der Waals surface area contributed by atoms with E-state index in [1.165, 1.54) is 17.3 Å². The molecule has 0 fully saturated rings. The minimum Gasteiger partial charge on any atom is -0.0620 e. The van der Waals surface area contributed by atoms with Crippen molar-refractivity contribution in [3.8, 4) is 0 Å². The van der Waals surface area contributed by atoms with Crippen molar-refractivity contribution in [3.05, 3.63) is 45.4 Å². The van der Waals surface area contributed by atoms with Crippen LogP contribution in [-0.4, -0.2) is 0 Å². The summed E-state index contributed by atoms with van der Waals surface area (Å²) in [5.41, 5.74) is 4.71. The van der Waals surface area contributed by atoms with Gasteiger partial charge in [-0.1, -0.05) is 45.8 Å². The van der Waals surface area contributed by atoms with Crippen molar-refractivity contribution >= 4 is 15.9 Å². The van der Waals surface area contributed by atoms with Crippen LogP contribution < -0.4 is 0 Å². The van der Waals surface area contributed by atoms with E-state index in [2.05, 4.69) is 47.1 Å². The standard InChI is InChI=1S/C13H13Br/c1-8-12-6-9(7-13(8)14)10-4-2-3-5-11(10)12/h2-5,9,12H,6-7H2,1H3/t9-,12+/m1/s1. The highest BCUT2D eigenvalue weighted by Crippen LogP contribution is 2.53. The molecule has 0 nitrogen and oxygen atoms in total. The third kappa shape index (κ3) is 1.05. The first-order valence-corrected chi connectivity index (χ1v) is 6.00. The van der Waals surface area contributed by atoms with Gasteiger partial charge < -0.3 is 0 Å². The first kappa shape index (κ1) is 8.72. The maximum atomic E-state index is 3.71. The molecule has 2 bridgehead atoms. The zero-order valence-corrected chi connectivity index (χ0v) is 9.84. The number of hydrogen-bond donors (Lipinski definition) is 0. The predicted octanol–water partition coefficient (Wildman–Crippen LogP) is 4.33. The molecule has 0 saturated carbocycles. The van der Waals surface area contributed by atoms with Gasteiger partial charge in [0.25, 0.3) is 0 Å². The first-order valence-electron chi connectivity index (χ1n) is 5.21. The van der Waals surface area contributed by atoms with Crippen LogP contribution in [0.3, 0.4) is 0 Å². The van der Waals surface area contributed by atoms with Crippen LogP contribution in [0.1, 0.15) is 42.7 Å². The van der Waals surface area contributed by atoms with Crippen LogP contribution in [0.25, 0.3) is 0 Å². The van der Waals surface area contributed by atoms with E-state index in [1.54, 1.807) is 16.7 Å². The average Bonchev–Trinajstić information content (AvgIpc) is 2.52. The van der Waals surface area contributed by atoms with Gasteiger partial charge in [-0.3, -0.25) is 0 Å². The van der Waals surface area contributed by atoms with Gasteiger partial charge in [0.1, 0.15) is 0 Å². The van der Waals surface area contributed by atoms with Crippen molar-refractivity contribution < 1.29 is 0 Å². The summed E-state index contributed by atoms with van der Waals surface area (Å²) in [7, 11) is 0. The summed E-state index contributed by atoms with van der Waals surface area (Å²) >= 11 is 3.71. The number of rotatable bonds is 0. The maximum absolute atomic E-state index is 3.71. The molecule has 72 valence electrons. The Kier molecular flexibility index (Phi) is 1.85. The summed E-state index contributed by atoms with van der Waals surface area (Å²) in [6.45, 7) is 2.27. The molecule has 2 aliphatic rings. The van der Waals surface area contributed by atoms with Gasteiger partial charge in [0, 0.05) is 5.92 Å². The summed E-state index contributed by atoms with van der Waals surface area (Å²) < 4.78 is 1.44. The summed E-state index contributed by atoms with van der Waals surface area (Å²) in [6.07, 6.45) is 2.54. The zero-order chi connectivity index (χ0) is 9.71. The Bertz CT molecular complexity index is 417. The Morgan fingerprint density at radius 3 is 2.71 bits per heavy atom. The number of hydrogen-bond acceptors (Lipinski definition) is 0. The van der Waals surface area contributed by atoms with Gasteiger partial charge in [0.2, 0.25) is 0 Å². The summed E-state index contributed by atoms with van der Waals surface area (Å²) in [6, 6.07) is 8.94. The second-order valence-corrected chi connectivity index (χ2v) is 5.36. The van der Waals surface area contributed by atoms with E-state index in [4.69, 9.17) is 0 Å². The largest absolute Gasteiger partial charge is 0.0620 e. The number of fused-ring (bicyclic) bond motifs is 5. The van der Waals surface area contributed by atoms with Crippen molar-refractivity contribution in [2.75, 3.05) is 0 Å². The molecule has 0 unspecified atom stereocenters. The van der Waals surface area contributed by atoms with E-state index in [-0.39, 0.29) is 0 Å². The van der Waals surface area contributed by atoms with Crippen LogP contribution in [-0.2, 0) is 0 Å². The van der Waals surface area contributed by atoms with Gasteiger partial charge in [-0.05, 0) is 41.3 Å². The number of halogens is 1. The Morgan fingerprint density at radius 2 is 1.93 bits per heavy atom. The van der Waals surface area contributed by atoms with E-state index in [0.717, 1.165) is 5.92 Å². The van der Waals surface area contributed by atoms with Crippen molar-refractivity contribution in [3.63, 3.8) is 0 Å². The van der Waals surface area contributed by atoms with Crippen LogP contribution >= 0.6 is 15.9 Å². The second kappa shape index (κ2) is 2.96. The Morgan fingerprint density at radius 1 is 1.21 bits per heavy atom. The van der Waals surface area contributed by atoms with Crippen molar-refractivity contribution in [2.45, 2.75) is 31.6 Å². The first-order chi connectivity index (χ1) is 6.77. The smallest absolute Gasteiger partial charge is 0.00651 e. The molecule has 0 heterocycles. The molecule has 0 spiro atoms. The molecular weight excluding hydrogens is 236 g/mol. The van der Waals surface area contributed by atoms with Crippen LogP contribution in [0.15, 0.2) is 34.3 Å². The zero-order valence-electron chi connectivity index (χ0n) is 8.26. The fraction of sp³-hybridized carbons (Fsp3) is 0.385. The lowest BCUT2D eigenvalue weighted by Gasteiger charge is -2.21. The van der Waals surface area contributed by atoms with E-state index < -0.39 is 0 Å². The lowest BCUT2D eigenvalue weighted by atomic mass is 9.87. The van der Waals surface area contributed by atoms with Crippen LogP contribution in [0.2, 0.25) is 0 Å². The van der Waals surface area contributed by atoms with Crippen LogP contribution in [0.4, 0.5) is 0 Å². The monoisotopic (exact) mass is 248 g/mol. The van der Waals surface area contributed by atoms with Gasteiger partial charge in [-0.15, -0.1) is 0 Å². The molecule has 3 rings (SSSR count). The SMILES string of the molecule is CC1=C(Br)C[C@H]2C[C@@H]1c1ccccc12. The second-order valence-electron chi connectivity index (χ2n) is 4.41. The van der Waals surface area contributed by atoms with Gasteiger partial charge in [0.15, 0.2) is 0 Å². The van der Waals surface area contributed by atoms with Crippen molar-refractivity contribution in [1.82, 2.24) is 0 Å². The lowest BCUT2D eigenvalue weighted by molar-refractivity contribution is 0.599.